The van der Waals surface area contributed by atoms with E-state index in [1.807, 2.05) is 48.4 Å². The van der Waals surface area contributed by atoms with Crippen molar-refractivity contribution in [3.8, 4) is 5.75 Å². The molecule has 0 spiro atoms. The standard InChI is InChI=1S/C25H25N3O3S/c1-3-27(16-13-18-11-14-26-15-12-18)23-22(21-6-5-17-32-21)24(29)28(25(23)30)19-7-9-20(10-8-19)31-4-2/h5-12,14-15,17H,3-4,13,16H2,1-2H3. The summed E-state index contributed by atoms with van der Waals surface area (Å²) in [7, 11) is 0. The molecule has 0 saturated heterocycles. The van der Waals surface area contributed by atoms with Crippen molar-refractivity contribution in [1.29, 1.82) is 0 Å². The quantitative estimate of drug-likeness (QED) is 0.455. The molecule has 3 aromatic rings. The van der Waals surface area contributed by atoms with Crippen LogP contribution in [0.5, 0.6) is 5.75 Å². The van der Waals surface area contributed by atoms with E-state index in [0.29, 0.717) is 42.4 Å². The van der Waals surface area contributed by atoms with Gasteiger partial charge in [0.1, 0.15) is 11.4 Å². The second-order valence-corrected chi connectivity index (χ2v) is 8.21. The third kappa shape index (κ3) is 4.29. The average Bonchev–Trinajstić information content (AvgIpc) is 3.43. The second-order valence-electron chi connectivity index (χ2n) is 7.26. The van der Waals surface area contributed by atoms with Crippen LogP contribution in [0.2, 0.25) is 0 Å². The van der Waals surface area contributed by atoms with Crippen LogP contribution in [0.1, 0.15) is 24.3 Å². The molecular weight excluding hydrogens is 422 g/mol. The summed E-state index contributed by atoms with van der Waals surface area (Å²) in [4.78, 5) is 35.3. The Hall–Kier alpha value is -3.45. The van der Waals surface area contributed by atoms with Gasteiger partial charge in [-0.15, -0.1) is 11.3 Å². The Labute approximate surface area is 191 Å². The topological polar surface area (TPSA) is 62.7 Å². The lowest BCUT2D eigenvalue weighted by Gasteiger charge is -2.24. The van der Waals surface area contributed by atoms with Crippen molar-refractivity contribution in [2.75, 3.05) is 24.6 Å². The number of carbonyl (C=O) groups is 2. The van der Waals surface area contributed by atoms with Gasteiger partial charge in [0.15, 0.2) is 0 Å². The van der Waals surface area contributed by atoms with Crippen LogP contribution in [-0.2, 0) is 16.0 Å². The number of amides is 2. The van der Waals surface area contributed by atoms with Gasteiger partial charge in [-0.05, 0) is 73.7 Å². The van der Waals surface area contributed by atoms with Gasteiger partial charge in [0.05, 0.1) is 17.9 Å². The number of pyridine rings is 1. The van der Waals surface area contributed by atoms with Crippen molar-refractivity contribution in [2.45, 2.75) is 20.3 Å². The van der Waals surface area contributed by atoms with Crippen LogP contribution in [0.25, 0.3) is 5.57 Å². The minimum Gasteiger partial charge on any atom is -0.494 e. The third-order valence-corrected chi connectivity index (χ3v) is 6.24. The minimum atomic E-state index is -0.293. The summed E-state index contributed by atoms with van der Waals surface area (Å²) in [6.45, 7) is 5.71. The largest absolute Gasteiger partial charge is 0.494 e. The monoisotopic (exact) mass is 447 g/mol. The highest BCUT2D eigenvalue weighted by molar-refractivity contribution is 7.11. The highest BCUT2D eigenvalue weighted by atomic mass is 32.1. The summed E-state index contributed by atoms with van der Waals surface area (Å²) in [6.07, 6.45) is 4.28. The van der Waals surface area contributed by atoms with Gasteiger partial charge in [0.2, 0.25) is 0 Å². The van der Waals surface area contributed by atoms with E-state index in [1.165, 1.54) is 16.2 Å². The molecule has 0 atom stereocenters. The molecule has 0 N–H and O–H groups in total. The van der Waals surface area contributed by atoms with Crippen molar-refractivity contribution in [2.24, 2.45) is 0 Å². The summed E-state index contributed by atoms with van der Waals surface area (Å²) < 4.78 is 5.50. The molecule has 2 amide bonds. The Kier molecular flexibility index (Phi) is 6.66. The molecule has 6 nitrogen and oxygen atoms in total. The lowest BCUT2D eigenvalue weighted by Crippen LogP contribution is -2.36. The number of hydrogen-bond donors (Lipinski definition) is 0. The number of benzene rings is 1. The fourth-order valence-corrected chi connectivity index (χ4v) is 4.55. The van der Waals surface area contributed by atoms with Crippen molar-refractivity contribution in [1.82, 2.24) is 9.88 Å². The average molecular weight is 448 g/mol. The number of anilines is 1. The molecule has 1 aromatic carbocycles. The molecule has 3 heterocycles. The fourth-order valence-electron chi connectivity index (χ4n) is 3.79. The fraction of sp³-hybridized carbons (Fsp3) is 0.240. The molecule has 0 radical (unpaired) electrons. The summed E-state index contributed by atoms with van der Waals surface area (Å²) >= 11 is 1.47. The summed E-state index contributed by atoms with van der Waals surface area (Å²) in [5, 5.41) is 1.92. The molecule has 0 aliphatic carbocycles. The number of imide groups is 1. The maximum atomic E-state index is 13.6. The lowest BCUT2D eigenvalue weighted by molar-refractivity contribution is -0.120. The van der Waals surface area contributed by atoms with Gasteiger partial charge in [0.25, 0.3) is 11.8 Å². The highest BCUT2D eigenvalue weighted by Crippen LogP contribution is 2.37. The Morgan fingerprint density at radius 3 is 2.38 bits per heavy atom. The van der Waals surface area contributed by atoms with E-state index >= 15 is 0 Å². The lowest BCUT2D eigenvalue weighted by atomic mass is 10.1. The van der Waals surface area contributed by atoms with E-state index in [9.17, 15) is 9.59 Å². The van der Waals surface area contributed by atoms with Crippen LogP contribution in [0.3, 0.4) is 0 Å². The normalized spacial score (nSPS) is 13.8. The molecule has 1 aliphatic rings. The first-order valence-electron chi connectivity index (χ1n) is 10.7. The first-order chi connectivity index (χ1) is 15.6. The molecule has 2 aromatic heterocycles. The SMILES string of the molecule is CCOc1ccc(N2C(=O)C(c3cccs3)=C(N(CC)CCc3ccncc3)C2=O)cc1. The molecule has 7 heteroatoms. The van der Waals surface area contributed by atoms with Crippen LogP contribution < -0.4 is 9.64 Å². The highest BCUT2D eigenvalue weighted by Gasteiger charge is 2.42. The van der Waals surface area contributed by atoms with E-state index in [2.05, 4.69) is 4.98 Å². The molecule has 4 rings (SSSR count). The maximum Gasteiger partial charge on any atom is 0.282 e. The molecule has 32 heavy (non-hydrogen) atoms. The summed E-state index contributed by atoms with van der Waals surface area (Å²) in [5.74, 6) is 0.118. The van der Waals surface area contributed by atoms with Gasteiger partial charge in [-0.1, -0.05) is 6.07 Å². The number of ether oxygens (including phenoxy) is 1. The van der Waals surface area contributed by atoms with Gasteiger partial charge in [-0.2, -0.15) is 0 Å². The number of thiophene rings is 1. The number of nitrogens with zero attached hydrogens (tertiary/aromatic N) is 3. The Morgan fingerprint density at radius 1 is 1.00 bits per heavy atom. The van der Waals surface area contributed by atoms with Gasteiger partial charge in [-0.25, -0.2) is 4.90 Å². The minimum absolute atomic E-state index is 0.292. The van der Waals surface area contributed by atoms with Crippen molar-refractivity contribution in [3.63, 3.8) is 0 Å². The molecule has 0 fully saturated rings. The van der Waals surface area contributed by atoms with Crippen LogP contribution >= 0.6 is 11.3 Å². The van der Waals surface area contributed by atoms with E-state index in [-0.39, 0.29) is 11.8 Å². The number of hydrogen-bond acceptors (Lipinski definition) is 6. The van der Waals surface area contributed by atoms with Crippen LogP contribution in [0.15, 0.2) is 72.0 Å². The number of likely N-dealkylation sites (N-methyl/N-ethyl adjacent to an activating group) is 1. The van der Waals surface area contributed by atoms with Crippen molar-refractivity contribution >= 4 is 34.4 Å². The Balaban J connectivity index is 1.68. The number of rotatable bonds is 9. The van der Waals surface area contributed by atoms with E-state index in [0.717, 1.165) is 16.9 Å². The number of aromatic nitrogens is 1. The number of carbonyl (C=O) groups excluding carboxylic acids is 2. The predicted molar refractivity (Wildman–Crippen MR) is 127 cm³/mol. The predicted octanol–water partition coefficient (Wildman–Crippen LogP) is 4.39. The molecule has 0 unspecified atom stereocenters. The Bertz CT molecular complexity index is 1110. The van der Waals surface area contributed by atoms with Crippen molar-refractivity contribution < 1.29 is 14.3 Å². The van der Waals surface area contributed by atoms with Gasteiger partial charge < -0.3 is 9.64 Å². The van der Waals surface area contributed by atoms with Crippen LogP contribution in [0.4, 0.5) is 5.69 Å². The van der Waals surface area contributed by atoms with Crippen LogP contribution in [-0.4, -0.2) is 41.4 Å². The maximum absolute atomic E-state index is 13.6. The first kappa shape index (κ1) is 21.8. The van der Waals surface area contributed by atoms with Gasteiger partial charge >= 0.3 is 0 Å². The molecule has 0 bridgehead atoms. The molecular formula is C25H25N3O3S. The van der Waals surface area contributed by atoms with Crippen LogP contribution in [0, 0.1) is 0 Å². The van der Waals surface area contributed by atoms with Crippen molar-refractivity contribution in [3.05, 3.63) is 82.4 Å². The second kappa shape index (κ2) is 9.78. The summed E-state index contributed by atoms with van der Waals surface area (Å²) in [6, 6.07) is 14.8. The van der Waals surface area contributed by atoms with E-state index in [1.54, 1.807) is 36.7 Å². The molecule has 1 aliphatic heterocycles. The zero-order valence-corrected chi connectivity index (χ0v) is 19.0. The first-order valence-corrected chi connectivity index (χ1v) is 11.6. The summed E-state index contributed by atoms with van der Waals surface area (Å²) in [5.41, 5.74) is 2.60. The molecule has 0 saturated carbocycles. The zero-order chi connectivity index (χ0) is 22.5. The third-order valence-electron chi connectivity index (χ3n) is 5.35. The smallest absolute Gasteiger partial charge is 0.282 e. The van der Waals surface area contributed by atoms with E-state index < -0.39 is 0 Å². The van der Waals surface area contributed by atoms with Gasteiger partial charge in [-0.3, -0.25) is 14.6 Å². The zero-order valence-electron chi connectivity index (χ0n) is 18.2. The Morgan fingerprint density at radius 2 is 1.75 bits per heavy atom. The van der Waals surface area contributed by atoms with Gasteiger partial charge in [0, 0.05) is 30.4 Å². The van der Waals surface area contributed by atoms with E-state index in [4.69, 9.17) is 4.74 Å². The molecule has 164 valence electrons.